The summed E-state index contributed by atoms with van der Waals surface area (Å²) in [4.78, 5) is 34.8. The third kappa shape index (κ3) is 4.70. The molecule has 1 fully saturated rings. The lowest BCUT2D eigenvalue weighted by Gasteiger charge is -2.33. The number of hydrogen-bond donors (Lipinski definition) is 3. The third-order valence-corrected chi connectivity index (χ3v) is 3.81. The minimum absolute atomic E-state index is 0.0489. The molecular weight excluding hydrogens is 276 g/mol. The van der Waals surface area contributed by atoms with Crippen LogP contribution in [-0.2, 0) is 19.1 Å². The van der Waals surface area contributed by atoms with Gasteiger partial charge in [-0.25, -0.2) is 0 Å². The van der Waals surface area contributed by atoms with E-state index in [0.29, 0.717) is 26.1 Å². The molecule has 0 saturated carbocycles. The Morgan fingerprint density at radius 2 is 1.81 bits per heavy atom. The van der Waals surface area contributed by atoms with Crippen molar-refractivity contribution in [2.24, 2.45) is 11.3 Å². The molecule has 3 N–H and O–H groups in total. The van der Waals surface area contributed by atoms with E-state index in [4.69, 9.17) is 4.74 Å². The Morgan fingerprint density at radius 1 is 1.24 bits per heavy atom. The Morgan fingerprint density at radius 3 is 2.24 bits per heavy atom. The van der Waals surface area contributed by atoms with E-state index in [1.54, 1.807) is 0 Å². The molecule has 0 aromatic rings. The summed E-state index contributed by atoms with van der Waals surface area (Å²) in [6, 6.07) is -0.659. The van der Waals surface area contributed by atoms with Crippen LogP contribution in [0.5, 0.6) is 0 Å². The number of carbonyl (C=O) groups is 3. The molecule has 1 atom stereocenters. The second kappa shape index (κ2) is 7.40. The van der Waals surface area contributed by atoms with Gasteiger partial charge >= 0.3 is 5.97 Å². The molecule has 0 aromatic carbocycles. The number of carbonyl (C=O) groups excluding carboxylic acids is 2. The highest BCUT2D eigenvalue weighted by molar-refractivity contribution is 5.87. The molecule has 1 unspecified atom stereocenters. The highest BCUT2D eigenvalue weighted by Crippen LogP contribution is 2.30. The van der Waals surface area contributed by atoms with Crippen molar-refractivity contribution in [2.45, 2.75) is 39.7 Å². The molecule has 7 nitrogen and oxygen atoms in total. The number of carboxylic acids is 1. The number of ether oxygens (including phenoxy) is 1. The van der Waals surface area contributed by atoms with Gasteiger partial charge in [-0.3, -0.25) is 14.4 Å². The lowest BCUT2D eigenvalue weighted by atomic mass is 9.80. The number of nitrogens with one attached hydrogen (secondary N) is 2. The summed E-state index contributed by atoms with van der Waals surface area (Å²) < 4.78 is 5.19. The highest BCUT2D eigenvalue weighted by atomic mass is 16.5. The summed E-state index contributed by atoms with van der Waals surface area (Å²) >= 11 is 0. The molecule has 0 aromatic heterocycles. The van der Waals surface area contributed by atoms with E-state index in [0.717, 1.165) is 0 Å². The highest BCUT2D eigenvalue weighted by Gasteiger charge is 2.41. The molecule has 1 rings (SSSR count). The van der Waals surface area contributed by atoms with E-state index in [-0.39, 0.29) is 24.3 Å². The number of aliphatic carboxylic acids is 1. The van der Waals surface area contributed by atoms with Gasteiger partial charge in [0.05, 0.1) is 5.41 Å². The monoisotopic (exact) mass is 300 g/mol. The van der Waals surface area contributed by atoms with E-state index >= 15 is 0 Å². The zero-order valence-corrected chi connectivity index (χ0v) is 12.8. The van der Waals surface area contributed by atoms with Gasteiger partial charge in [0.15, 0.2) is 0 Å². The molecule has 0 aliphatic carbocycles. The Labute approximate surface area is 124 Å². The topological polar surface area (TPSA) is 105 Å². The molecule has 7 heteroatoms. The van der Waals surface area contributed by atoms with Crippen LogP contribution >= 0.6 is 0 Å². The Kier molecular flexibility index (Phi) is 6.14. The van der Waals surface area contributed by atoms with Gasteiger partial charge in [0.2, 0.25) is 11.8 Å². The van der Waals surface area contributed by atoms with Crippen molar-refractivity contribution < 1.29 is 24.2 Å². The number of rotatable bonds is 6. The fraction of sp³-hybridized carbons (Fsp3) is 0.786. The van der Waals surface area contributed by atoms with E-state index in [9.17, 15) is 19.5 Å². The predicted molar refractivity (Wildman–Crippen MR) is 75.6 cm³/mol. The average molecular weight is 300 g/mol. The van der Waals surface area contributed by atoms with Crippen LogP contribution in [-0.4, -0.2) is 48.7 Å². The maximum Gasteiger partial charge on any atom is 0.311 e. The molecule has 0 bridgehead atoms. The summed E-state index contributed by atoms with van der Waals surface area (Å²) in [6.07, 6.45) is 0.740. The fourth-order valence-corrected chi connectivity index (χ4v) is 2.35. The van der Waals surface area contributed by atoms with Crippen LogP contribution in [0.4, 0.5) is 0 Å². The lowest BCUT2D eigenvalue weighted by molar-refractivity contribution is -0.155. The molecule has 0 radical (unpaired) electrons. The third-order valence-electron chi connectivity index (χ3n) is 3.81. The SMILES string of the molecule is CC(=O)NC(C(=O)NCC1(C(=O)O)CCOCC1)C(C)C. The number of amides is 2. The molecule has 2 amide bonds. The Balaban J connectivity index is 2.67. The first kappa shape index (κ1) is 17.4. The summed E-state index contributed by atoms with van der Waals surface area (Å²) in [5, 5.41) is 14.7. The van der Waals surface area contributed by atoms with Crippen molar-refractivity contribution in [3.05, 3.63) is 0 Å². The molecule has 1 aliphatic heterocycles. The summed E-state index contributed by atoms with van der Waals surface area (Å²) in [5.74, 6) is -1.65. The van der Waals surface area contributed by atoms with Crippen LogP contribution < -0.4 is 10.6 Å². The van der Waals surface area contributed by atoms with Gasteiger partial charge in [-0.05, 0) is 18.8 Å². The van der Waals surface area contributed by atoms with Crippen molar-refractivity contribution in [3.63, 3.8) is 0 Å². The average Bonchev–Trinajstić information content (AvgIpc) is 2.42. The van der Waals surface area contributed by atoms with Gasteiger partial charge in [-0.2, -0.15) is 0 Å². The molecule has 21 heavy (non-hydrogen) atoms. The maximum absolute atomic E-state index is 12.2. The zero-order valence-electron chi connectivity index (χ0n) is 12.8. The zero-order chi connectivity index (χ0) is 16.0. The summed E-state index contributed by atoms with van der Waals surface area (Å²) in [7, 11) is 0. The van der Waals surface area contributed by atoms with Crippen molar-refractivity contribution >= 4 is 17.8 Å². The summed E-state index contributed by atoms with van der Waals surface area (Å²) in [5.41, 5.74) is -0.980. The first-order chi connectivity index (χ1) is 9.78. The number of carboxylic acid groups (broad SMARTS) is 1. The normalized spacial score (nSPS) is 18.9. The first-order valence-corrected chi connectivity index (χ1v) is 7.14. The second-order valence-corrected chi connectivity index (χ2v) is 5.84. The van der Waals surface area contributed by atoms with Crippen LogP contribution in [0, 0.1) is 11.3 Å². The lowest BCUT2D eigenvalue weighted by Crippen LogP contribution is -2.53. The van der Waals surface area contributed by atoms with Gasteiger partial charge < -0.3 is 20.5 Å². The fourth-order valence-electron chi connectivity index (χ4n) is 2.35. The van der Waals surface area contributed by atoms with Crippen molar-refractivity contribution in [2.75, 3.05) is 19.8 Å². The summed E-state index contributed by atoms with van der Waals surface area (Å²) in [6.45, 7) is 5.79. The minimum atomic E-state index is -0.980. The minimum Gasteiger partial charge on any atom is -0.481 e. The van der Waals surface area contributed by atoms with E-state index in [2.05, 4.69) is 10.6 Å². The quantitative estimate of drug-likeness (QED) is 0.647. The Hall–Kier alpha value is -1.63. The maximum atomic E-state index is 12.2. The second-order valence-electron chi connectivity index (χ2n) is 5.84. The van der Waals surface area contributed by atoms with Crippen molar-refractivity contribution in [3.8, 4) is 0 Å². The molecule has 1 heterocycles. The van der Waals surface area contributed by atoms with Crippen LogP contribution in [0.2, 0.25) is 0 Å². The Bertz CT molecular complexity index is 402. The van der Waals surface area contributed by atoms with E-state index in [1.807, 2.05) is 13.8 Å². The van der Waals surface area contributed by atoms with Gasteiger partial charge in [0.25, 0.3) is 0 Å². The molecule has 120 valence electrons. The molecule has 0 spiro atoms. The predicted octanol–water partition coefficient (Wildman–Crippen LogP) is 0.145. The van der Waals surface area contributed by atoms with Crippen molar-refractivity contribution in [1.82, 2.24) is 10.6 Å². The van der Waals surface area contributed by atoms with Gasteiger partial charge in [-0.1, -0.05) is 13.8 Å². The largest absolute Gasteiger partial charge is 0.481 e. The van der Waals surface area contributed by atoms with Gasteiger partial charge in [0.1, 0.15) is 6.04 Å². The van der Waals surface area contributed by atoms with E-state index in [1.165, 1.54) is 6.92 Å². The standard InChI is InChI=1S/C14H24N2O5/c1-9(2)11(16-10(3)17)12(18)15-8-14(13(19)20)4-6-21-7-5-14/h9,11H,4-8H2,1-3H3,(H,15,18)(H,16,17)(H,19,20). The van der Waals surface area contributed by atoms with Crippen molar-refractivity contribution in [1.29, 1.82) is 0 Å². The molecule has 1 saturated heterocycles. The molecule has 1 aliphatic rings. The van der Waals surface area contributed by atoms with E-state index < -0.39 is 17.4 Å². The van der Waals surface area contributed by atoms with Crippen LogP contribution in [0.25, 0.3) is 0 Å². The number of hydrogen-bond acceptors (Lipinski definition) is 4. The van der Waals surface area contributed by atoms with Gasteiger partial charge in [0, 0.05) is 26.7 Å². The van der Waals surface area contributed by atoms with Crippen LogP contribution in [0.1, 0.15) is 33.6 Å². The smallest absolute Gasteiger partial charge is 0.311 e. The van der Waals surface area contributed by atoms with Crippen LogP contribution in [0.15, 0.2) is 0 Å². The molecular formula is C14H24N2O5. The first-order valence-electron chi connectivity index (χ1n) is 7.14. The van der Waals surface area contributed by atoms with Crippen LogP contribution in [0.3, 0.4) is 0 Å². The van der Waals surface area contributed by atoms with Gasteiger partial charge in [-0.15, -0.1) is 0 Å².